The van der Waals surface area contributed by atoms with E-state index >= 15 is 0 Å². The fourth-order valence-corrected chi connectivity index (χ4v) is 4.33. The first-order valence-corrected chi connectivity index (χ1v) is 13.0. The molecule has 3 rings (SSSR count). The zero-order chi connectivity index (χ0) is 25.2. The number of aryl methyl sites for hydroxylation is 2. The number of aromatic nitrogens is 3. The van der Waals surface area contributed by atoms with Crippen molar-refractivity contribution in [2.24, 2.45) is 5.92 Å². The molecular weight excluding hydrogens is 438 g/mol. The van der Waals surface area contributed by atoms with E-state index in [1.807, 2.05) is 36.4 Å². The van der Waals surface area contributed by atoms with Crippen LogP contribution in [0.5, 0.6) is 0 Å². The third kappa shape index (κ3) is 7.41. The SMILES string of the molecule is CCCCCCCCn1nc(CCC(C)C)n(Cc2ccc(-c3ccccc3C(=O)O)cc2)c1=O. The molecule has 3 aromatic rings. The average molecular weight is 478 g/mol. The van der Waals surface area contributed by atoms with Crippen LogP contribution in [0.4, 0.5) is 0 Å². The fourth-order valence-electron chi connectivity index (χ4n) is 4.33. The molecule has 0 radical (unpaired) electrons. The molecule has 0 aliphatic heterocycles. The van der Waals surface area contributed by atoms with Gasteiger partial charge in [0.15, 0.2) is 0 Å². The number of carbonyl (C=O) groups is 1. The van der Waals surface area contributed by atoms with Crippen LogP contribution in [0, 0.1) is 5.92 Å². The smallest absolute Gasteiger partial charge is 0.346 e. The molecule has 0 unspecified atom stereocenters. The van der Waals surface area contributed by atoms with Crippen LogP contribution in [-0.4, -0.2) is 25.4 Å². The van der Waals surface area contributed by atoms with E-state index < -0.39 is 5.97 Å². The molecule has 6 nitrogen and oxygen atoms in total. The summed E-state index contributed by atoms with van der Waals surface area (Å²) in [5.41, 5.74) is 2.76. The lowest BCUT2D eigenvalue weighted by Crippen LogP contribution is -2.26. The molecule has 1 heterocycles. The van der Waals surface area contributed by atoms with Gasteiger partial charge < -0.3 is 5.11 Å². The van der Waals surface area contributed by atoms with Crippen LogP contribution in [0.1, 0.15) is 87.5 Å². The molecule has 0 spiro atoms. The van der Waals surface area contributed by atoms with Crippen LogP contribution in [0.25, 0.3) is 11.1 Å². The van der Waals surface area contributed by atoms with Crippen LogP contribution >= 0.6 is 0 Å². The van der Waals surface area contributed by atoms with Crippen molar-refractivity contribution in [2.75, 3.05) is 0 Å². The Labute approximate surface area is 208 Å². The number of carboxylic acids is 1. The molecule has 0 saturated heterocycles. The minimum absolute atomic E-state index is 0.0439. The van der Waals surface area contributed by atoms with Gasteiger partial charge in [-0.3, -0.25) is 4.57 Å². The van der Waals surface area contributed by atoms with Crippen molar-refractivity contribution in [3.05, 3.63) is 76.0 Å². The molecule has 35 heavy (non-hydrogen) atoms. The Bertz CT molecular complexity index is 1140. The maximum atomic E-state index is 13.2. The third-order valence-corrected chi connectivity index (χ3v) is 6.43. The Hall–Kier alpha value is -3.15. The maximum absolute atomic E-state index is 13.2. The van der Waals surface area contributed by atoms with Gasteiger partial charge in [0.2, 0.25) is 0 Å². The molecule has 188 valence electrons. The predicted octanol–water partition coefficient (Wildman–Crippen LogP) is 6.41. The molecule has 1 aromatic heterocycles. The van der Waals surface area contributed by atoms with Gasteiger partial charge in [-0.05, 0) is 41.5 Å². The summed E-state index contributed by atoms with van der Waals surface area (Å²) in [7, 11) is 0. The molecule has 0 saturated carbocycles. The monoisotopic (exact) mass is 477 g/mol. The van der Waals surface area contributed by atoms with Crippen LogP contribution in [0.2, 0.25) is 0 Å². The minimum atomic E-state index is -0.941. The largest absolute Gasteiger partial charge is 0.478 e. The van der Waals surface area contributed by atoms with E-state index in [0.717, 1.165) is 42.6 Å². The molecule has 0 bridgehead atoms. The van der Waals surface area contributed by atoms with Crippen molar-refractivity contribution >= 4 is 5.97 Å². The first-order chi connectivity index (χ1) is 16.9. The van der Waals surface area contributed by atoms with E-state index in [9.17, 15) is 14.7 Å². The summed E-state index contributed by atoms with van der Waals surface area (Å²) in [4.78, 5) is 24.8. The summed E-state index contributed by atoms with van der Waals surface area (Å²) in [6.45, 7) is 7.71. The van der Waals surface area contributed by atoms with Gasteiger partial charge in [0.25, 0.3) is 0 Å². The zero-order valence-electron chi connectivity index (χ0n) is 21.4. The van der Waals surface area contributed by atoms with Gasteiger partial charge in [-0.25, -0.2) is 14.3 Å². The van der Waals surface area contributed by atoms with E-state index in [2.05, 4.69) is 20.8 Å². The first kappa shape index (κ1) is 26.5. The predicted molar refractivity (Wildman–Crippen MR) is 141 cm³/mol. The van der Waals surface area contributed by atoms with E-state index in [1.54, 1.807) is 21.4 Å². The average Bonchev–Trinajstić information content (AvgIpc) is 3.14. The number of hydrogen-bond donors (Lipinski definition) is 1. The zero-order valence-corrected chi connectivity index (χ0v) is 21.4. The Balaban J connectivity index is 1.77. The van der Waals surface area contributed by atoms with Crippen LogP contribution in [-0.2, 0) is 19.5 Å². The van der Waals surface area contributed by atoms with Gasteiger partial charge in [-0.2, -0.15) is 5.10 Å². The lowest BCUT2D eigenvalue weighted by Gasteiger charge is -2.09. The standard InChI is InChI=1S/C29H39N3O3/c1-4-5-6-7-8-11-20-32-29(35)31(27(30-32)19-14-22(2)3)21-23-15-17-24(18-16-23)25-12-9-10-13-26(25)28(33)34/h9-10,12-13,15-18,22H,4-8,11,14,19-21H2,1-3H3,(H,33,34). The molecule has 0 fully saturated rings. The number of rotatable bonds is 14. The van der Waals surface area contributed by atoms with Gasteiger partial charge in [-0.15, -0.1) is 0 Å². The lowest BCUT2D eigenvalue weighted by molar-refractivity contribution is 0.0697. The van der Waals surface area contributed by atoms with E-state index in [4.69, 9.17) is 5.10 Å². The van der Waals surface area contributed by atoms with E-state index in [0.29, 0.717) is 24.6 Å². The van der Waals surface area contributed by atoms with Crippen molar-refractivity contribution < 1.29 is 9.90 Å². The third-order valence-electron chi connectivity index (χ3n) is 6.43. The molecule has 1 N–H and O–H groups in total. The summed E-state index contributed by atoms with van der Waals surface area (Å²) >= 11 is 0. The second-order valence-corrected chi connectivity index (χ2v) is 9.76. The number of nitrogens with zero attached hydrogens (tertiary/aromatic N) is 3. The topological polar surface area (TPSA) is 77.1 Å². The number of carboxylic acid groups (broad SMARTS) is 1. The number of aromatic carboxylic acids is 1. The lowest BCUT2D eigenvalue weighted by atomic mass is 9.99. The summed E-state index contributed by atoms with van der Waals surface area (Å²) in [6, 6.07) is 14.8. The highest BCUT2D eigenvalue weighted by Gasteiger charge is 2.15. The van der Waals surface area contributed by atoms with Gasteiger partial charge in [0, 0.05) is 13.0 Å². The molecule has 0 aliphatic carbocycles. The summed E-state index contributed by atoms with van der Waals surface area (Å²) in [6.07, 6.45) is 8.83. The Morgan fingerprint density at radius 2 is 1.66 bits per heavy atom. The Kier molecular flexibility index (Phi) is 9.88. The molecule has 2 aromatic carbocycles. The first-order valence-electron chi connectivity index (χ1n) is 13.0. The molecular formula is C29H39N3O3. The van der Waals surface area contributed by atoms with Crippen molar-refractivity contribution in [3.63, 3.8) is 0 Å². The van der Waals surface area contributed by atoms with Crippen LogP contribution in [0.15, 0.2) is 53.3 Å². The van der Waals surface area contributed by atoms with Gasteiger partial charge >= 0.3 is 11.7 Å². The number of benzene rings is 2. The molecule has 0 atom stereocenters. The molecule has 0 amide bonds. The second kappa shape index (κ2) is 13.1. The van der Waals surface area contributed by atoms with Crippen molar-refractivity contribution in [1.29, 1.82) is 0 Å². The highest BCUT2D eigenvalue weighted by molar-refractivity contribution is 5.95. The van der Waals surface area contributed by atoms with E-state index in [-0.39, 0.29) is 11.3 Å². The van der Waals surface area contributed by atoms with Crippen molar-refractivity contribution in [1.82, 2.24) is 14.3 Å². The van der Waals surface area contributed by atoms with Crippen LogP contribution < -0.4 is 5.69 Å². The summed E-state index contributed by atoms with van der Waals surface area (Å²) in [5.74, 6) is 0.439. The van der Waals surface area contributed by atoms with Gasteiger partial charge in [-0.1, -0.05) is 95.3 Å². The van der Waals surface area contributed by atoms with Crippen molar-refractivity contribution in [3.8, 4) is 11.1 Å². The Morgan fingerprint density at radius 3 is 2.34 bits per heavy atom. The fraction of sp³-hybridized carbons (Fsp3) is 0.483. The van der Waals surface area contributed by atoms with Gasteiger partial charge in [0.1, 0.15) is 5.82 Å². The Morgan fingerprint density at radius 1 is 0.971 bits per heavy atom. The number of unbranched alkanes of at least 4 members (excludes halogenated alkanes) is 5. The molecule has 0 aliphatic rings. The summed E-state index contributed by atoms with van der Waals surface area (Å²) in [5, 5.41) is 14.2. The minimum Gasteiger partial charge on any atom is -0.478 e. The molecule has 6 heteroatoms. The highest BCUT2D eigenvalue weighted by atomic mass is 16.4. The van der Waals surface area contributed by atoms with Crippen LogP contribution in [0.3, 0.4) is 0 Å². The number of hydrogen-bond acceptors (Lipinski definition) is 3. The normalized spacial score (nSPS) is 11.3. The van der Waals surface area contributed by atoms with Gasteiger partial charge in [0.05, 0.1) is 12.1 Å². The summed E-state index contributed by atoms with van der Waals surface area (Å²) < 4.78 is 3.45. The van der Waals surface area contributed by atoms with E-state index in [1.165, 1.54) is 25.7 Å². The maximum Gasteiger partial charge on any atom is 0.346 e. The van der Waals surface area contributed by atoms with Crippen molar-refractivity contribution in [2.45, 2.75) is 85.2 Å². The highest BCUT2D eigenvalue weighted by Crippen LogP contribution is 2.24. The second-order valence-electron chi connectivity index (χ2n) is 9.76. The quantitative estimate of drug-likeness (QED) is 0.272.